The van der Waals surface area contributed by atoms with Crippen LogP contribution >= 0.6 is 0 Å². The number of nitriles is 1. The van der Waals surface area contributed by atoms with E-state index < -0.39 is 0 Å². The molecule has 0 aliphatic carbocycles. The summed E-state index contributed by atoms with van der Waals surface area (Å²) in [6.45, 7) is 6.06. The molecule has 0 aromatic heterocycles. The molecule has 0 amide bonds. The normalized spacial score (nSPS) is 10.0. The van der Waals surface area contributed by atoms with Crippen LogP contribution in [0.4, 0.5) is 0 Å². The van der Waals surface area contributed by atoms with E-state index in [2.05, 4.69) is 19.2 Å². The average Bonchev–Trinajstić information content (AvgIpc) is 1.96. The molecule has 11 heavy (non-hydrogen) atoms. The van der Waals surface area contributed by atoms with Gasteiger partial charge in [0.2, 0.25) is 0 Å². The standard InChI is InChI=1S/C8H16N2O/c1-8(2)10-5-3-6-11-7-4-9/h8,10H,3,5-7H2,1-2H3. The fourth-order valence-corrected chi connectivity index (χ4v) is 0.683. The van der Waals surface area contributed by atoms with Crippen LogP contribution in [0.3, 0.4) is 0 Å². The molecule has 0 aromatic rings. The Bertz CT molecular complexity index is 118. The van der Waals surface area contributed by atoms with Crippen LogP contribution in [0.2, 0.25) is 0 Å². The number of nitrogens with zero attached hydrogens (tertiary/aromatic N) is 1. The molecule has 3 heteroatoms. The van der Waals surface area contributed by atoms with Gasteiger partial charge in [-0.3, -0.25) is 0 Å². The van der Waals surface area contributed by atoms with Gasteiger partial charge in [0.05, 0.1) is 6.07 Å². The molecule has 0 radical (unpaired) electrons. The SMILES string of the molecule is CC(C)NCCCOCC#N. The van der Waals surface area contributed by atoms with Crippen molar-refractivity contribution in [1.29, 1.82) is 5.26 Å². The predicted octanol–water partition coefficient (Wildman–Crippen LogP) is 0.915. The molecule has 0 aliphatic heterocycles. The maximum absolute atomic E-state index is 8.12. The second-order valence-electron chi connectivity index (χ2n) is 2.67. The summed E-state index contributed by atoms with van der Waals surface area (Å²) in [4.78, 5) is 0. The molecule has 0 fully saturated rings. The zero-order valence-corrected chi connectivity index (χ0v) is 7.26. The number of hydrogen-bond donors (Lipinski definition) is 1. The number of ether oxygens (including phenoxy) is 1. The highest BCUT2D eigenvalue weighted by Gasteiger charge is 1.91. The second-order valence-corrected chi connectivity index (χ2v) is 2.67. The summed E-state index contributed by atoms with van der Waals surface area (Å²) in [5, 5.41) is 11.4. The van der Waals surface area contributed by atoms with Crippen molar-refractivity contribution < 1.29 is 4.74 Å². The van der Waals surface area contributed by atoms with Gasteiger partial charge in [-0.05, 0) is 13.0 Å². The molecule has 0 unspecified atom stereocenters. The summed E-state index contributed by atoms with van der Waals surface area (Å²) >= 11 is 0. The first-order chi connectivity index (χ1) is 5.27. The van der Waals surface area contributed by atoms with Crippen LogP contribution in [0, 0.1) is 11.3 Å². The monoisotopic (exact) mass is 156 g/mol. The first-order valence-electron chi connectivity index (χ1n) is 3.95. The van der Waals surface area contributed by atoms with E-state index in [4.69, 9.17) is 10.00 Å². The molecular formula is C8H16N2O. The van der Waals surface area contributed by atoms with Crippen LogP contribution in [0.5, 0.6) is 0 Å². The molecule has 1 N–H and O–H groups in total. The van der Waals surface area contributed by atoms with E-state index in [0.717, 1.165) is 13.0 Å². The van der Waals surface area contributed by atoms with Crippen LogP contribution in [0.25, 0.3) is 0 Å². The number of hydrogen-bond acceptors (Lipinski definition) is 3. The van der Waals surface area contributed by atoms with Crippen molar-refractivity contribution in [1.82, 2.24) is 5.32 Å². The molecule has 0 rings (SSSR count). The Labute approximate surface area is 68.3 Å². The molecule has 64 valence electrons. The maximum atomic E-state index is 8.12. The molecule has 0 spiro atoms. The van der Waals surface area contributed by atoms with Crippen molar-refractivity contribution in [3.05, 3.63) is 0 Å². The third-order valence-corrected chi connectivity index (χ3v) is 1.18. The predicted molar refractivity (Wildman–Crippen MR) is 44.2 cm³/mol. The topological polar surface area (TPSA) is 45.0 Å². The van der Waals surface area contributed by atoms with Gasteiger partial charge in [0.25, 0.3) is 0 Å². The lowest BCUT2D eigenvalue weighted by Gasteiger charge is -2.06. The van der Waals surface area contributed by atoms with E-state index in [9.17, 15) is 0 Å². The fourth-order valence-electron chi connectivity index (χ4n) is 0.683. The zero-order valence-electron chi connectivity index (χ0n) is 7.26. The van der Waals surface area contributed by atoms with Gasteiger partial charge in [0.1, 0.15) is 6.61 Å². The molecule has 0 heterocycles. The Morgan fingerprint density at radius 1 is 1.55 bits per heavy atom. The molecule has 0 saturated heterocycles. The second kappa shape index (κ2) is 7.52. The Hall–Kier alpha value is -0.590. The molecule has 0 bridgehead atoms. The summed E-state index contributed by atoms with van der Waals surface area (Å²) in [5.74, 6) is 0. The van der Waals surface area contributed by atoms with E-state index >= 15 is 0 Å². The zero-order chi connectivity index (χ0) is 8.53. The molecule has 3 nitrogen and oxygen atoms in total. The summed E-state index contributed by atoms with van der Waals surface area (Å²) in [7, 11) is 0. The summed E-state index contributed by atoms with van der Waals surface area (Å²) in [6.07, 6.45) is 0.972. The van der Waals surface area contributed by atoms with E-state index in [1.54, 1.807) is 0 Å². The van der Waals surface area contributed by atoms with Crippen LogP contribution in [-0.4, -0.2) is 25.8 Å². The van der Waals surface area contributed by atoms with Gasteiger partial charge in [0.15, 0.2) is 0 Å². The van der Waals surface area contributed by atoms with E-state index in [-0.39, 0.29) is 6.61 Å². The lowest BCUT2D eigenvalue weighted by atomic mass is 10.3. The van der Waals surface area contributed by atoms with Gasteiger partial charge in [-0.2, -0.15) is 5.26 Å². The summed E-state index contributed by atoms with van der Waals surface area (Å²) in [5.41, 5.74) is 0. The summed E-state index contributed by atoms with van der Waals surface area (Å²) < 4.78 is 4.96. The van der Waals surface area contributed by atoms with Crippen molar-refractivity contribution in [3.63, 3.8) is 0 Å². The van der Waals surface area contributed by atoms with Crippen molar-refractivity contribution in [2.24, 2.45) is 0 Å². The van der Waals surface area contributed by atoms with Gasteiger partial charge in [-0.1, -0.05) is 13.8 Å². The lowest BCUT2D eigenvalue weighted by Crippen LogP contribution is -2.24. The van der Waals surface area contributed by atoms with Crippen molar-refractivity contribution in [2.75, 3.05) is 19.8 Å². The lowest BCUT2D eigenvalue weighted by molar-refractivity contribution is 0.162. The Morgan fingerprint density at radius 2 is 2.27 bits per heavy atom. The number of rotatable bonds is 6. The average molecular weight is 156 g/mol. The molecule has 0 atom stereocenters. The van der Waals surface area contributed by atoms with Gasteiger partial charge in [0, 0.05) is 12.6 Å². The van der Waals surface area contributed by atoms with Crippen LogP contribution in [0.15, 0.2) is 0 Å². The number of nitrogens with one attached hydrogen (secondary N) is 1. The third kappa shape index (κ3) is 9.41. The fraction of sp³-hybridized carbons (Fsp3) is 0.875. The van der Waals surface area contributed by atoms with Crippen LogP contribution in [0.1, 0.15) is 20.3 Å². The van der Waals surface area contributed by atoms with Gasteiger partial charge in [-0.25, -0.2) is 0 Å². The summed E-state index contributed by atoms with van der Waals surface area (Å²) in [6, 6.07) is 2.46. The van der Waals surface area contributed by atoms with Crippen molar-refractivity contribution >= 4 is 0 Å². The minimum Gasteiger partial charge on any atom is -0.366 e. The Balaban J connectivity index is 2.86. The van der Waals surface area contributed by atoms with Gasteiger partial charge < -0.3 is 10.1 Å². The Kier molecular flexibility index (Phi) is 7.11. The largest absolute Gasteiger partial charge is 0.366 e. The van der Waals surface area contributed by atoms with E-state index in [0.29, 0.717) is 12.6 Å². The van der Waals surface area contributed by atoms with E-state index in [1.165, 1.54) is 0 Å². The minimum absolute atomic E-state index is 0.210. The minimum atomic E-state index is 0.210. The first kappa shape index (κ1) is 10.4. The highest BCUT2D eigenvalue weighted by Crippen LogP contribution is 1.82. The van der Waals surface area contributed by atoms with Gasteiger partial charge in [-0.15, -0.1) is 0 Å². The maximum Gasteiger partial charge on any atom is 0.133 e. The molecule has 0 aliphatic rings. The smallest absolute Gasteiger partial charge is 0.133 e. The molecule has 0 saturated carbocycles. The highest BCUT2D eigenvalue weighted by atomic mass is 16.5. The first-order valence-corrected chi connectivity index (χ1v) is 3.95. The van der Waals surface area contributed by atoms with Crippen molar-refractivity contribution in [3.8, 4) is 6.07 Å². The quantitative estimate of drug-likeness (QED) is 0.581. The van der Waals surface area contributed by atoms with Gasteiger partial charge >= 0.3 is 0 Å². The van der Waals surface area contributed by atoms with E-state index in [1.807, 2.05) is 6.07 Å². The molecule has 0 aromatic carbocycles. The van der Waals surface area contributed by atoms with Crippen LogP contribution in [-0.2, 0) is 4.74 Å². The van der Waals surface area contributed by atoms with Crippen molar-refractivity contribution in [2.45, 2.75) is 26.3 Å². The molecular weight excluding hydrogens is 140 g/mol. The van der Waals surface area contributed by atoms with Crippen LogP contribution < -0.4 is 5.32 Å². The third-order valence-electron chi connectivity index (χ3n) is 1.18. The highest BCUT2D eigenvalue weighted by molar-refractivity contribution is 4.66. The Morgan fingerprint density at radius 3 is 2.82 bits per heavy atom.